The predicted octanol–water partition coefficient (Wildman–Crippen LogP) is 3.15. The topological polar surface area (TPSA) is 67.0 Å². The van der Waals surface area contributed by atoms with Crippen molar-refractivity contribution in [3.8, 4) is 5.75 Å². The highest BCUT2D eigenvalue weighted by molar-refractivity contribution is 5.83. The average Bonchev–Trinajstić information content (AvgIpc) is 2.85. The number of aromatic nitrogens is 2. The zero-order valence-electron chi connectivity index (χ0n) is 14.5. The zero-order valence-corrected chi connectivity index (χ0v) is 14.5. The van der Waals surface area contributed by atoms with Crippen LogP contribution in [0, 0.1) is 20.8 Å². The summed E-state index contributed by atoms with van der Waals surface area (Å²) < 4.78 is 5.53. The second-order valence-electron chi connectivity index (χ2n) is 5.82. The molecule has 1 atom stereocenters. The van der Waals surface area contributed by atoms with Gasteiger partial charge in [0.25, 0.3) is 0 Å². The highest BCUT2D eigenvalue weighted by atomic mass is 16.5. The van der Waals surface area contributed by atoms with Crippen molar-refractivity contribution in [2.75, 3.05) is 6.61 Å². The minimum absolute atomic E-state index is 0.00383. The molecule has 2 rings (SSSR count). The lowest BCUT2D eigenvalue weighted by atomic mass is 9.98. The maximum atomic E-state index is 12.4. The van der Waals surface area contributed by atoms with Gasteiger partial charge in [0.2, 0.25) is 5.91 Å². The molecule has 1 aromatic heterocycles. The first kappa shape index (κ1) is 17.1. The van der Waals surface area contributed by atoms with Crippen molar-refractivity contribution in [2.24, 2.45) is 0 Å². The van der Waals surface area contributed by atoms with Crippen molar-refractivity contribution >= 4 is 5.91 Å². The van der Waals surface area contributed by atoms with Gasteiger partial charge in [-0.25, -0.2) is 0 Å². The summed E-state index contributed by atoms with van der Waals surface area (Å²) >= 11 is 0. The zero-order chi connectivity index (χ0) is 17.0. The largest absolute Gasteiger partial charge is 0.494 e. The molecule has 2 N–H and O–H groups in total. The molecule has 124 valence electrons. The van der Waals surface area contributed by atoms with Gasteiger partial charge in [0.15, 0.2) is 0 Å². The number of rotatable bonds is 6. The maximum Gasteiger partial charge on any atom is 0.227 e. The normalized spacial score (nSPS) is 12.0. The van der Waals surface area contributed by atoms with Gasteiger partial charge in [-0.15, -0.1) is 0 Å². The van der Waals surface area contributed by atoms with Crippen LogP contribution in [0.25, 0.3) is 0 Å². The first-order valence-corrected chi connectivity index (χ1v) is 7.95. The van der Waals surface area contributed by atoms with Gasteiger partial charge in [0.1, 0.15) is 5.75 Å². The lowest BCUT2D eigenvalue weighted by Crippen LogP contribution is -2.28. The van der Waals surface area contributed by atoms with Crippen molar-refractivity contribution in [3.63, 3.8) is 0 Å². The first-order chi connectivity index (χ1) is 10.9. The Balaban J connectivity index is 2.00. The Bertz CT molecular complexity index is 672. The van der Waals surface area contributed by atoms with E-state index in [4.69, 9.17) is 4.74 Å². The molecule has 5 heteroatoms. The molecule has 0 fully saturated rings. The van der Waals surface area contributed by atoms with E-state index in [2.05, 4.69) is 15.5 Å². The smallest absolute Gasteiger partial charge is 0.227 e. The molecule has 0 unspecified atom stereocenters. The number of carbonyl (C=O) groups is 1. The number of aryl methyl sites for hydroxylation is 3. The lowest BCUT2D eigenvalue weighted by molar-refractivity contribution is -0.122. The molecule has 5 nitrogen and oxygen atoms in total. The fourth-order valence-electron chi connectivity index (χ4n) is 2.81. The number of nitrogens with one attached hydrogen (secondary N) is 2. The van der Waals surface area contributed by atoms with E-state index in [1.54, 1.807) is 0 Å². The van der Waals surface area contributed by atoms with Crippen molar-refractivity contribution in [1.82, 2.24) is 15.5 Å². The molecule has 0 saturated carbocycles. The molecule has 0 spiro atoms. The van der Waals surface area contributed by atoms with Crippen LogP contribution in [0.2, 0.25) is 0 Å². The SMILES string of the molecule is CCOc1ccc(CNC(=O)[C@H](C)c2c(C)n[nH]c2C)cc1C. The number of hydrogen-bond acceptors (Lipinski definition) is 3. The fraction of sp³-hybridized carbons (Fsp3) is 0.444. The Labute approximate surface area is 137 Å². The van der Waals surface area contributed by atoms with Crippen LogP contribution in [-0.2, 0) is 11.3 Å². The van der Waals surface area contributed by atoms with Crippen LogP contribution in [0.15, 0.2) is 18.2 Å². The van der Waals surface area contributed by atoms with Gasteiger partial charge in [-0.05, 0) is 51.8 Å². The molecular formula is C18H25N3O2. The fourth-order valence-corrected chi connectivity index (χ4v) is 2.81. The number of aromatic amines is 1. The second-order valence-corrected chi connectivity index (χ2v) is 5.82. The number of hydrogen-bond donors (Lipinski definition) is 2. The molecular weight excluding hydrogens is 290 g/mol. The third-order valence-corrected chi connectivity index (χ3v) is 4.02. The summed E-state index contributed by atoms with van der Waals surface area (Å²) in [6, 6.07) is 5.98. The van der Waals surface area contributed by atoms with Crippen LogP contribution >= 0.6 is 0 Å². The monoisotopic (exact) mass is 315 g/mol. The summed E-state index contributed by atoms with van der Waals surface area (Å²) in [5.41, 5.74) is 4.94. The summed E-state index contributed by atoms with van der Waals surface area (Å²) in [6.07, 6.45) is 0. The van der Waals surface area contributed by atoms with Crippen LogP contribution in [0.4, 0.5) is 0 Å². The Morgan fingerprint density at radius 1 is 1.35 bits per heavy atom. The Hall–Kier alpha value is -2.30. The summed E-state index contributed by atoms with van der Waals surface area (Å²) in [6.45, 7) is 10.9. The number of benzene rings is 1. The third-order valence-electron chi connectivity index (χ3n) is 4.02. The Kier molecular flexibility index (Phi) is 5.42. The van der Waals surface area contributed by atoms with E-state index >= 15 is 0 Å². The standard InChI is InChI=1S/C18H25N3O2/c1-6-23-16-8-7-15(9-11(16)2)10-19-18(22)12(3)17-13(4)20-21-14(17)5/h7-9,12H,6,10H2,1-5H3,(H,19,22)(H,20,21)/t12-/m1/s1. The van der Waals surface area contributed by atoms with E-state index < -0.39 is 0 Å². The van der Waals surface area contributed by atoms with Crippen LogP contribution in [0.5, 0.6) is 5.75 Å². The Morgan fingerprint density at radius 3 is 2.65 bits per heavy atom. The molecule has 23 heavy (non-hydrogen) atoms. The van der Waals surface area contributed by atoms with E-state index in [0.29, 0.717) is 13.2 Å². The second kappa shape index (κ2) is 7.31. The molecule has 0 radical (unpaired) electrons. The van der Waals surface area contributed by atoms with Gasteiger partial charge in [-0.2, -0.15) is 5.10 Å². The van der Waals surface area contributed by atoms with Gasteiger partial charge < -0.3 is 10.1 Å². The van der Waals surface area contributed by atoms with Gasteiger partial charge in [0, 0.05) is 17.8 Å². The molecule has 2 aromatic rings. The van der Waals surface area contributed by atoms with Crippen molar-refractivity contribution in [1.29, 1.82) is 0 Å². The molecule has 0 bridgehead atoms. The van der Waals surface area contributed by atoms with E-state index in [-0.39, 0.29) is 11.8 Å². The number of ether oxygens (including phenoxy) is 1. The van der Waals surface area contributed by atoms with Crippen LogP contribution in [0.3, 0.4) is 0 Å². The van der Waals surface area contributed by atoms with E-state index in [1.807, 2.05) is 52.8 Å². The number of amides is 1. The quantitative estimate of drug-likeness (QED) is 0.860. The van der Waals surface area contributed by atoms with Gasteiger partial charge in [-0.1, -0.05) is 12.1 Å². The molecule has 0 aliphatic rings. The van der Waals surface area contributed by atoms with E-state index in [9.17, 15) is 4.79 Å². The summed E-state index contributed by atoms with van der Waals surface area (Å²) in [5.74, 6) is 0.669. The predicted molar refractivity (Wildman–Crippen MR) is 90.7 cm³/mol. The molecule has 0 aliphatic heterocycles. The highest BCUT2D eigenvalue weighted by Gasteiger charge is 2.21. The molecule has 1 amide bonds. The van der Waals surface area contributed by atoms with E-state index in [1.165, 1.54) is 0 Å². The average molecular weight is 315 g/mol. The third kappa shape index (κ3) is 3.92. The molecule has 1 aromatic carbocycles. The van der Waals surface area contributed by atoms with Crippen LogP contribution in [0.1, 0.15) is 47.8 Å². The minimum atomic E-state index is -0.224. The first-order valence-electron chi connectivity index (χ1n) is 7.95. The minimum Gasteiger partial charge on any atom is -0.494 e. The number of nitrogens with zero attached hydrogens (tertiary/aromatic N) is 1. The Morgan fingerprint density at radius 2 is 2.09 bits per heavy atom. The summed E-state index contributed by atoms with van der Waals surface area (Å²) in [7, 11) is 0. The van der Waals surface area contributed by atoms with Crippen LogP contribution in [-0.4, -0.2) is 22.7 Å². The molecule has 0 aliphatic carbocycles. The van der Waals surface area contributed by atoms with Crippen LogP contribution < -0.4 is 10.1 Å². The maximum absolute atomic E-state index is 12.4. The van der Waals surface area contributed by atoms with Crippen molar-refractivity contribution < 1.29 is 9.53 Å². The lowest BCUT2D eigenvalue weighted by Gasteiger charge is -2.14. The number of carbonyl (C=O) groups excluding carboxylic acids is 1. The molecule has 0 saturated heterocycles. The van der Waals surface area contributed by atoms with Crippen molar-refractivity contribution in [2.45, 2.75) is 47.1 Å². The highest BCUT2D eigenvalue weighted by Crippen LogP contribution is 2.22. The van der Waals surface area contributed by atoms with E-state index in [0.717, 1.165) is 33.8 Å². The molecule has 1 heterocycles. The summed E-state index contributed by atoms with van der Waals surface area (Å²) in [4.78, 5) is 12.4. The number of H-pyrrole nitrogens is 1. The van der Waals surface area contributed by atoms with Gasteiger partial charge in [0.05, 0.1) is 18.2 Å². The van der Waals surface area contributed by atoms with Crippen molar-refractivity contribution in [3.05, 3.63) is 46.3 Å². The van der Waals surface area contributed by atoms with Gasteiger partial charge in [-0.3, -0.25) is 9.89 Å². The van der Waals surface area contributed by atoms with Gasteiger partial charge >= 0.3 is 0 Å². The summed E-state index contributed by atoms with van der Waals surface area (Å²) in [5, 5.41) is 10.1.